The van der Waals surface area contributed by atoms with E-state index in [1.165, 1.54) is 18.2 Å². The van der Waals surface area contributed by atoms with E-state index in [1.807, 2.05) is 6.92 Å². The third kappa shape index (κ3) is 4.10. The molecule has 2 aromatic rings. The lowest BCUT2D eigenvalue weighted by Gasteiger charge is -2.23. The van der Waals surface area contributed by atoms with Gasteiger partial charge < -0.3 is 14.8 Å². The van der Waals surface area contributed by atoms with Crippen molar-refractivity contribution in [2.24, 2.45) is 0 Å². The number of non-ortho nitro benzene ring substituents is 1. The van der Waals surface area contributed by atoms with Crippen LogP contribution in [0.4, 0.5) is 5.69 Å². The molecule has 0 saturated carbocycles. The quantitative estimate of drug-likeness (QED) is 0.622. The van der Waals surface area contributed by atoms with Gasteiger partial charge in [-0.15, -0.1) is 0 Å². The van der Waals surface area contributed by atoms with Crippen LogP contribution >= 0.6 is 11.6 Å². The maximum Gasteiger partial charge on any atom is 0.269 e. The molecule has 0 fully saturated rings. The van der Waals surface area contributed by atoms with E-state index >= 15 is 0 Å². The highest BCUT2D eigenvalue weighted by molar-refractivity contribution is 6.31. The Balaban J connectivity index is 2.06. The molecule has 1 unspecified atom stereocenters. The first kappa shape index (κ1) is 17.5. The first-order chi connectivity index (χ1) is 10.7. The molecule has 2 N–H and O–H groups in total. The lowest BCUT2D eigenvalue weighted by Crippen LogP contribution is -2.35. The number of rotatable bonds is 6. The van der Waals surface area contributed by atoms with Gasteiger partial charge in [0.2, 0.25) is 0 Å². The van der Waals surface area contributed by atoms with E-state index in [0.717, 1.165) is 5.76 Å². The van der Waals surface area contributed by atoms with Crippen LogP contribution in [0, 0.1) is 24.0 Å². The maximum absolute atomic E-state index is 10.8. The zero-order valence-corrected chi connectivity index (χ0v) is 14.0. The summed E-state index contributed by atoms with van der Waals surface area (Å²) in [4.78, 5) is 10.3. The van der Waals surface area contributed by atoms with Gasteiger partial charge in [-0.2, -0.15) is 0 Å². The van der Waals surface area contributed by atoms with Crippen LogP contribution in [-0.2, 0) is 12.1 Å². The lowest BCUT2D eigenvalue weighted by atomic mass is 9.96. The summed E-state index contributed by atoms with van der Waals surface area (Å²) in [6.07, 6.45) is 0. The second-order valence-corrected chi connectivity index (χ2v) is 6.14. The summed E-state index contributed by atoms with van der Waals surface area (Å²) in [6.45, 7) is 5.88. The van der Waals surface area contributed by atoms with Crippen molar-refractivity contribution in [2.75, 3.05) is 6.54 Å². The molecule has 0 amide bonds. The van der Waals surface area contributed by atoms with Crippen LogP contribution in [0.15, 0.2) is 28.7 Å². The summed E-state index contributed by atoms with van der Waals surface area (Å²) in [5.74, 6) is 1.40. The Labute approximate surface area is 139 Å². The van der Waals surface area contributed by atoms with E-state index in [-0.39, 0.29) is 12.2 Å². The molecule has 0 aliphatic heterocycles. The number of nitro benzene ring substituents is 1. The maximum atomic E-state index is 10.8. The number of nitrogens with zero attached hydrogens (tertiary/aromatic N) is 1. The van der Waals surface area contributed by atoms with Gasteiger partial charge in [-0.25, -0.2) is 0 Å². The zero-order chi connectivity index (χ0) is 17.2. The van der Waals surface area contributed by atoms with Crippen molar-refractivity contribution in [3.05, 3.63) is 62.0 Å². The normalized spacial score (nSPS) is 13.8. The van der Waals surface area contributed by atoms with Gasteiger partial charge in [0, 0.05) is 35.8 Å². The topological polar surface area (TPSA) is 88.5 Å². The van der Waals surface area contributed by atoms with Crippen molar-refractivity contribution < 1.29 is 14.4 Å². The molecule has 0 radical (unpaired) electrons. The standard InChI is InChI=1S/C16H19ClN2O4/c1-10-6-14(11(2)23-10)16(3,20)9-18-8-12-7-13(19(21)22)4-5-15(12)17/h4-7,18,20H,8-9H2,1-3H3. The van der Waals surface area contributed by atoms with Crippen LogP contribution in [0.2, 0.25) is 5.02 Å². The van der Waals surface area contributed by atoms with E-state index in [0.29, 0.717) is 28.5 Å². The lowest BCUT2D eigenvalue weighted by molar-refractivity contribution is -0.384. The highest BCUT2D eigenvalue weighted by atomic mass is 35.5. The summed E-state index contributed by atoms with van der Waals surface area (Å²) in [5, 5.41) is 24.9. The van der Waals surface area contributed by atoms with Crippen LogP contribution in [0.1, 0.15) is 29.6 Å². The van der Waals surface area contributed by atoms with Gasteiger partial charge in [0.1, 0.15) is 17.1 Å². The Morgan fingerprint density at radius 2 is 2.09 bits per heavy atom. The fraction of sp³-hybridized carbons (Fsp3) is 0.375. The molecule has 0 bridgehead atoms. The summed E-state index contributed by atoms with van der Waals surface area (Å²) in [7, 11) is 0. The van der Waals surface area contributed by atoms with Crippen LogP contribution in [0.3, 0.4) is 0 Å². The van der Waals surface area contributed by atoms with Gasteiger partial charge in [0.05, 0.1) is 4.92 Å². The number of hydrogen-bond acceptors (Lipinski definition) is 5. The minimum absolute atomic E-state index is 0.0146. The Hall–Kier alpha value is -1.89. The fourth-order valence-electron chi connectivity index (χ4n) is 2.51. The Kier molecular flexibility index (Phi) is 5.09. The predicted octanol–water partition coefficient (Wildman–Crippen LogP) is 3.46. The zero-order valence-electron chi connectivity index (χ0n) is 13.2. The van der Waals surface area contributed by atoms with E-state index in [9.17, 15) is 15.2 Å². The molecule has 124 valence electrons. The molecule has 23 heavy (non-hydrogen) atoms. The number of nitrogens with one attached hydrogen (secondary N) is 1. The van der Waals surface area contributed by atoms with Crippen molar-refractivity contribution in [1.82, 2.24) is 5.32 Å². The molecule has 0 spiro atoms. The van der Waals surface area contributed by atoms with E-state index in [1.54, 1.807) is 19.9 Å². The highest BCUT2D eigenvalue weighted by Gasteiger charge is 2.27. The second kappa shape index (κ2) is 6.70. The number of nitro groups is 1. The number of aryl methyl sites for hydroxylation is 2. The molecular weight excluding hydrogens is 320 g/mol. The first-order valence-electron chi connectivity index (χ1n) is 7.14. The van der Waals surface area contributed by atoms with E-state index < -0.39 is 10.5 Å². The Bertz CT molecular complexity index is 725. The molecule has 0 saturated heterocycles. The average molecular weight is 339 g/mol. The third-order valence-corrected chi connectivity index (χ3v) is 4.01. The van der Waals surface area contributed by atoms with Gasteiger partial charge in [0.25, 0.3) is 5.69 Å². The molecule has 0 aliphatic carbocycles. The molecule has 1 heterocycles. The number of benzene rings is 1. The van der Waals surface area contributed by atoms with Crippen LogP contribution in [0.25, 0.3) is 0 Å². The second-order valence-electron chi connectivity index (χ2n) is 5.74. The number of aliphatic hydroxyl groups is 1. The highest BCUT2D eigenvalue weighted by Crippen LogP contribution is 2.27. The van der Waals surface area contributed by atoms with Gasteiger partial charge in [0.15, 0.2) is 0 Å². The molecule has 1 aromatic heterocycles. The molecule has 1 atom stereocenters. The SMILES string of the molecule is Cc1cc(C(C)(O)CNCc2cc([N+](=O)[O-])ccc2Cl)c(C)o1. The Morgan fingerprint density at radius 3 is 2.65 bits per heavy atom. The van der Waals surface area contributed by atoms with Crippen LogP contribution < -0.4 is 5.32 Å². The third-order valence-electron chi connectivity index (χ3n) is 3.65. The van der Waals surface area contributed by atoms with Gasteiger partial charge in [-0.1, -0.05) is 11.6 Å². The van der Waals surface area contributed by atoms with E-state index in [2.05, 4.69) is 5.32 Å². The number of hydrogen-bond donors (Lipinski definition) is 2. The number of halogens is 1. The van der Waals surface area contributed by atoms with Crippen molar-refractivity contribution in [3.63, 3.8) is 0 Å². The largest absolute Gasteiger partial charge is 0.466 e. The number of furan rings is 1. The van der Waals surface area contributed by atoms with E-state index in [4.69, 9.17) is 16.0 Å². The first-order valence-corrected chi connectivity index (χ1v) is 7.52. The molecule has 2 rings (SSSR count). The molecule has 7 heteroatoms. The summed E-state index contributed by atoms with van der Waals surface area (Å²) >= 11 is 6.06. The monoisotopic (exact) mass is 338 g/mol. The minimum Gasteiger partial charge on any atom is -0.466 e. The molecule has 1 aromatic carbocycles. The summed E-state index contributed by atoms with van der Waals surface area (Å²) < 4.78 is 5.44. The van der Waals surface area contributed by atoms with Crippen LogP contribution in [0.5, 0.6) is 0 Å². The predicted molar refractivity (Wildman–Crippen MR) is 87.6 cm³/mol. The van der Waals surface area contributed by atoms with Crippen molar-refractivity contribution in [3.8, 4) is 0 Å². The van der Waals surface area contributed by atoms with Gasteiger partial charge >= 0.3 is 0 Å². The molecular formula is C16H19ClN2O4. The minimum atomic E-state index is -1.12. The van der Waals surface area contributed by atoms with Crippen molar-refractivity contribution in [2.45, 2.75) is 32.9 Å². The van der Waals surface area contributed by atoms with Crippen LogP contribution in [-0.4, -0.2) is 16.6 Å². The Morgan fingerprint density at radius 1 is 1.39 bits per heavy atom. The van der Waals surface area contributed by atoms with Gasteiger partial charge in [-0.05, 0) is 38.5 Å². The summed E-state index contributed by atoms with van der Waals surface area (Å²) in [5.41, 5.74) is 0.193. The molecule has 6 nitrogen and oxygen atoms in total. The van der Waals surface area contributed by atoms with Gasteiger partial charge in [-0.3, -0.25) is 10.1 Å². The fourth-order valence-corrected chi connectivity index (χ4v) is 2.70. The van der Waals surface area contributed by atoms with Crippen molar-refractivity contribution in [1.29, 1.82) is 0 Å². The molecule has 0 aliphatic rings. The average Bonchev–Trinajstić information content (AvgIpc) is 2.80. The smallest absolute Gasteiger partial charge is 0.269 e. The summed E-state index contributed by atoms with van der Waals surface area (Å²) in [6, 6.07) is 6.09. The van der Waals surface area contributed by atoms with Crippen molar-refractivity contribution >= 4 is 17.3 Å².